The van der Waals surface area contributed by atoms with Crippen molar-refractivity contribution in [3.8, 4) is 0 Å². The fourth-order valence-corrected chi connectivity index (χ4v) is 3.82. The highest BCUT2D eigenvalue weighted by molar-refractivity contribution is 6.02. The van der Waals surface area contributed by atoms with Crippen LogP contribution in [0.3, 0.4) is 0 Å². The van der Waals surface area contributed by atoms with Crippen molar-refractivity contribution in [3.05, 3.63) is 29.8 Å². The van der Waals surface area contributed by atoms with E-state index in [9.17, 15) is 9.59 Å². The van der Waals surface area contributed by atoms with Gasteiger partial charge in [-0.25, -0.2) is 0 Å². The lowest BCUT2D eigenvalue weighted by Gasteiger charge is -2.40. The van der Waals surface area contributed by atoms with Crippen molar-refractivity contribution in [2.24, 2.45) is 5.73 Å². The predicted molar refractivity (Wildman–Crippen MR) is 85.6 cm³/mol. The number of nitrogens with two attached hydrogens (primary N) is 1. The number of carbonyl (C=O) groups excluding carboxylic acids is 2. The number of piperazine rings is 1. The van der Waals surface area contributed by atoms with Gasteiger partial charge in [0.1, 0.15) is 0 Å². The number of nitrogens with one attached hydrogen (secondary N) is 1. The highest BCUT2D eigenvalue weighted by Crippen LogP contribution is 2.42. The quantitative estimate of drug-likeness (QED) is 0.825. The summed E-state index contributed by atoms with van der Waals surface area (Å²) in [5, 5.41) is 2.36. The molecule has 0 aromatic heterocycles. The third kappa shape index (κ3) is 2.73. The van der Waals surface area contributed by atoms with Crippen molar-refractivity contribution in [3.63, 3.8) is 0 Å². The number of benzene rings is 1. The second-order valence-electron chi connectivity index (χ2n) is 6.39. The summed E-state index contributed by atoms with van der Waals surface area (Å²) in [6, 6.07) is 8.11. The molecular formula is C17H23N3O2. The first-order valence-corrected chi connectivity index (χ1v) is 8.02. The summed E-state index contributed by atoms with van der Waals surface area (Å²) in [5.74, 6) is -0.479. The molecule has 5 heteroatoms. The number of imide groups is 1. The minimum atomic E-state index is -0.239. The highest BCUT2D eigenvalue weighted by atomic mass is 16.2. The lowest BCUT2D eigenvalue weighted by atomic mass is 9.69. The molecule has 1 saturated heterocycles. The molecule has 2 amide bonds. The van der Waals surface area contributed by atoms with Gasteiger partial charge in [0.2, 0.25) is 11.8 Å². The Balaban J connectivity index is 1.99. The maximum absolute atomic E-state index is 11.7. The number of nitrogens with zero attached hydrogens (tertiary/aromatic N) is 1. The molecule has 118 valence electrons. The van der Waals surface area contributed by atoms with Crippen LogP contribution in [0.2, 0.25) is 0 Å². The Labute approximate surface area is 130 Å². The van der Waals surface area contributed by atoms with Crippen LogP contribution in [0.4, 0.5) is 5.69 Å². The average Bonchev–Trinajstić information content (AvgIpc) is 2.54. The van der Waals surface area contributed by atoms with Gasteiger partial charge in [0.05, 0.1) is 13.1 Å². The van der Waals surface area contributed by atoms with Gasteiger partial charge in [-0.2, -0.15) is 0 Å². The molecule has 22 heavy (non-hydrogen) atoms. The van der Waals surface area contributed by atoms with Crippen molar-refractivity contribution in [2.75, 3.05) is 24.5 Å². The standard InChI is InChI=1S/C17H23N3O2/c18-12-17(8-4-1-5-9-17)13-6-2-3-7-14(13)20-10-15(21)19-16(22)11-20/h2-3,6-7H,1,4-5,8-12,18H2,(H,19,21,22). The maximum Gasteiger partial charge on any atom is 0.246 e. The molecule has 1 saturated carbocycles. The molecule has 0 bridgehead atoms. The van der Waals surface area contributed by atoms with E-state index in [1.807, 2.05) is 23.1 Å². The number of hydrogen-bond donors (Lipinski definition) is 2. The molecule has 1 heterocycles. The number of para-hydroxylation sites is 1. The first-order chi connectivity index (χ1) is 10.6. The van der Waals surface area contributed by atoms with Gasteiger partial charge in [-0.3, -0.25) is 14.9 Å². The molecule has 1 aliphatic carbocycles. The zero-order valence-electron chi connectivity index (χ0n) is 12.8. The van der Waals surface area contributed by atoms with E-state index in [4.69, 9.17) is 5.73 Å². The molecule has 0 spiro atoms. The number of anilines is 1. The minimum Gasteiger partial charge on any atom is -0.353 e. The van der Waals surface area contributed by atoms with Crippen LogP contribution in [0.5, 0.6) is 0 Å². The molecule has 1 aromatic rings. The van der Waals surface area contributed by atoms with E-state index in [-0.39, 0.29) is 30.3 Å². The monoisotopic (exact) mass is 301 g/mol. The van der Waals surface area contributed by atoms with E-state index >= 15 is 0 Å². The number of rotatable bonds is 3. The van der Waals surface area contributed by atoms with Crippen LogP contribution >= 0.6 is 0 Å². The lowest BCUT2D eigenvalue weighted by molar-refractivity contribution is -0.130. The molecule has 0 unspecified atom stereocenters. The van der Waals surface area contributed by atoms with Gasteiger partial charge in [-0.1, -0.05) is 37.5 Å². The van der Waals surface area contributed by atoms with Crippen LogP contribution in [0, 0.1) is 0 Å². The molecule has 3 N–H and O–H groups in total. The Bertz CT molecular complexity index is 563. The van der Waals surface area contributed by atoms with Crippen molar-refractivity contribution in [1.29, 1.82) is 0 Å². The summed E-state index contributed by atoms with van der Waals surface area (Å²) in [5.41, 5.74) is 8.32. The van der Waals surface area contributed by atoms with E-state index in [1.54, 1.807) is 0 Å². The molecule has 3 rings (SSSR count). The van der Waals surface area contributed by atoms with E-state index in [0.29, 0.717) is 6.54 Å². The van der Waals surface area contributed by atoms with Gasteiger partial charge in [0.15, 0.2) is 0 Å². The second-order valence-corrected chi connectivity index (χ2v) is 6.39. The first kappa shape index (κ1) is 15.0. The molecule has 0 radical (unpaired) electrons. The van der Waals surface area contributed by atoms with E-state index in [0.717, 1.165) is 18.5 Å². The molecule has 2 aliphatic rings. The lowest BCUT2D eigenvalue weighted by Crippen LogP contribution is -2.52. The Morgan fingerprint density at radius 2 is 1.68 bits per heavy atom. The number of amides is 2. The van der Waals surface area contributed by atoms with Crippen molar-refractivity contribution in [1.82, 2.24) is 5.32 Å². The predicted octanol–water partition coefficient (Wildman–Crippen LogP) is 1.31. The summed E-state index contributed by atoms with van der Waals surface area (Å²) < 4.78 is 0. The summed E-state index contributed by atoms with van der Waals surface area (Å²) >= 11 is 0. The van der Waals surface area contributed by atoms with Gasteiger partial charge in [0.25, 0.3) is 0 Å². The number of carbonyl (C=O) groups is 2. The van der Waals surface area contributed by atoms with Crippen molar-refractivity contribution < 1.29 is 9.59 Å². The summed E-state index contributed by atoms with van der Waals surface area (Å²) in [6.07, 6.45) is 5.79. The Hall–Kier alpha value is -1.88. The van der Waals surface area contributed by atoms with Gasteiger partial charge in [-0.15, -0.1) is 0 Å². The summed E-state index contributed by atoms with van der Waals surface area (Å²) in [6.45, 7) is 1.06. The molecule has 1 aromatic carbocycles. The van der Waals surface area contributed by atoms with Crippen LogP contribution in [0.25, 0.3) is 0 Å². The minimum absolute atomic E-state index is 0.0220. The molecular weight excluding hydrogens is 278 g/mol. The summed E-state index contributed by atoms with van der Waals surface area (Å²) in [7, 11) is 0. The van der Waals surface area contributed by atoms with E-state index in [2.05, 4.69) is 11.4 Å². The second kappa shape index (κ2) is 6.08. The van der Waals surface area contributed by atoms with Crippen LogP contribution in [0.1, 0.15) is 37.7 Å². The van der Waals surface area contributed by atoms with Crippen LogP contribution < -0.4 is 16.0 Å². The van der Waals surface area contributed by atoms with Crippen LogP contribution in [0.15, 0.2) is 24.3 Å². The SMILES string of the molecule is NCC1(c2ccccc2N2CC(=O)NC(=O)C2)CCCCC1. The first-order valence-electron chi connectivity index (χ1n) is 8.02. The van der Waals surface area contributed by atoms with E-state index < -0.39 is 0 Å². The van der Waals surface area contributed by atoms with Gasteiger partial charge in [0, 0.05) is 17.6 Å². The molecule has 5 nitrogen and oxygen atoms in total. The zero-order chi connectivity index (χ0) is 15.6. The smallest absolute Gasteiger partial charge is 0.246 e. The third-order valence-electron chi connectivity index (χ3n) is 4.97. The highest BCUT2D eigenvalue weighted by Gasteiger charge is 2.36. The normalized spacial score (nSPS) is 21.6. The van der Waals surface area contributed by atoms with Gasteiger partial charge >= 0.3 is 0 Å². The van der Waals surface area contributed by atoms with E-state index in [1.165, 1.54) is 24.8 Å². The fourth-order valence-electron chi connectivity index (χ4n) is 3.82. The van der Waals surface area contributed by atoms with Gasteiger partial charge in [-0.05, 0) is 24.5 Å². The van der Waals surface area contributed by atoms with Crippen LogP contribution in [-0.2, 0) is 15.0 Å². The molecule has 0 atom stereocenters. The van der Waals surface area contributed by atoms with Crippen LogP contribution in [-0.4, -0.2) is 31.4 Å². The summed E-state index contributed by atoms with van der Waals surface area (Å²) in [4.78, 5) is 25.3. The molecule has 2 fully saturated rings. The zero-order valence-corrected chi connectivity index (χ0v) is 12.8. The molecule has 1 aliphatic heterocycles. The van der Waals surface area contributed by atoms with Crippen molar-refractivity contribution in [2.45, 2.75) is 37.5 Å². The Morgan fingerprint density at radius 1 is 1.05 bits per heavy atom. The maximum atomic E-state index is 11.7. The topological polar surface area (TPSA) is 75.4 Å². The Morgan fingerprint density at radius 3 is 2.32 bits per heavy atom. The third-order valence-corrected chi connectivity index (χ3v) is 4.97. The number of hydrogen-bond acceptors (Lipinski definition) is 4. The largest absolute Gasteiger partial charge is 0.353 e. The van der Waals surface area contributed by atoms with Crippen molar-refractivity contribution >= 4 is 17.5 Å². The average molecular weight is 301 g/mol. The Kier molecular flexibility index (Phi) is 4.16. The van der Waals surface area contributed by atoms with Gasteiger partial charge < -0.3 is 10.6 Å². The fraction of sp³-hybridized carbons (Fsp3) is 0.529.